The van der Waals surface area contributed by atoms with Gasteiger partial charge in [-0.3, -0.25) is 9.59 Å². The number of likely N-dealkylation sites (tertiary alicyclic amines) is 1. The molecule has 2 atom stereocenters. The largest absolute Gasteiger partial charge is 0.355 e. The van der Waals surface area contributed by atoms with Gasteiger partial charge in [-0.1, -0.05) is 12.5 Å². The topological polar surface area (TPSA) is 56.8 Å². The van der Waals surface area contributed by atoms with Gasteiger partial charge < -0.3 is 14.7 Å². The van der Waals surface area contributed by atoms with E-state index in [1.54, 1.807) is 11.1 Å². The fourth-order valence-corrected chi connectivity index (χ4v) is 5.06. The summed E-state index contributed by atoms with van der Waals surface area (Å²) >= 11 is 0. The van der Waals surface area contributed by atoms with Crippen LogP contribution < -0.4 is 4.90 Å². The van der Waals surface area contributed by atoms with E-state index in [0.29, 0.717) is 19.0 Å². The summed E-state index contributed by atoms with van der Waals surface area (Å²) < 4.78 is 0. The molecule has 146 valence electrons. The molecule has 3 fully saturated rings. The molecule has 0 spiro atoms. The minimum Gasteiger partial charge on any atom is -0.355 e. The van der Waals surface area contributed by atoms with E-state index in [9.17, 15) is 9.59 Å². The highest BCUT2D eigenvalue weighted by Gasteiger charge is 2.54. The van der Waals surface area contributed by atoms with E-state index in [-0.39, 0.29) is 17.7 Å². The zero-order valence-electron chi connectivity index (χ0n) is 16.4. The van der Waals surface area contributed by atoms with Crippen molar-refractivity contribution in [3.05, 3.63) is 24.4 Å². The Kier molecular flexibility index (Phi) is 4.82. The first kappa shape index (κ1) is 18.3. The van der Waals surface area contributed by atoms with Crippen LogP contribution in [0.2, 0.25) is 0 Å². The number of carbonyl (C=O) groups excluding carboxylic acids is 2. The van der Waals surface area contributed by atoms with Gasteiger partial charge in [-0.2, -0.15) is 0 Å². The molecule has 2 saturated heterocycles. The second-order valence-electron chi connectivity index (χ2n) is 8.64. The van der Waals surface area contributed by atoms with Gasteiger partial charge >= 0.3 is 0 Å². The summed E-state index contributed by atoms with van der Waals surface area (Å²) in [4.78, 5) is 36.7. The van der Waals surface area contributed by atoms with Crippen molar-refractivity contribution < 1.29 is 9.59 Å². The lowest BCUT2D eigenvalue weighted by molar-refractivity contribution is -0.143. The zero-order valence-corrected chi connectivity index (χ0v) is 16.4. The maximum absolute atomic E-state index is 13.3. The summed E-state index contributed by atoms with van der Waals surface area (Å²) in [7, 11) is 3.69. The van der Waals surface area contributed by atoms with Crippen molar-refractivity contribution in [2.24, 2.45) is 17.3 Å². The lowest BCUT2D eigenvalue weighted by Crippen LogP contribution is -2.48. The third kappa shape index (κ3) is 3.19. The Bertz CT molecular complexity index is 703. The van der Waals surface area contributed by atoms with Crippen LogP contribution in [0.1, 0.15) is 32.1 Å². The van der Waals surface area contributed by atoms with Gasteiger partial charge in [0.1, 0.15) is 5.82 Å². The van der Waals surface area contributed by atoms with E-state index in [1.807, 2.05) is 32.3 Å². The third-order valence-corrected chi connectivity index (χ3v) is 6.76. The molecule has 0 N–H and O–H groups in total. The summed E-state index contributed by atoms with van der Waals surface area (Å²) in [5, 5.41) is 0. The van der Waals surface area contributed by atoms with Crippen molar-refractivity contribution in [1.82, 2.24) is 14.8 Å². The van der Waals surface area contributed by atoms with Gasteiger partial charge in [-0.15, -0.1) is 0 Å². The van der Waals surface area contributed by atoms with E-state index >= 15 is 0 Å². The monoisotopic (exact) mass is 370 g/mol. The highest BCUT2D eigenvalue weighted by Crippen LogP contribution is 2.45. The van der Waals surface area contributed by atoms with Crippen LogP contribution in [0.4, 0.5) is 5.82 Å². The first-order valence-electron chi connectivity index (χ1n) is 10.2. The van der Waals surface area contributed by atoms with Crippen LogP contribution in [0.15, 0.2) is 24.4 Å². The van der Waals surface area contributed by atoms with Crippen LogP contribution in [-0.2, 0) is 9.59 Å². The number of pyridine rings is 1. The molecular formula is C21H30N4O2. The van der Waals surface area contributed by atoms with Crippen molar-refractivity contribution in [2.75, 3.05) is 45.2 Å². The molecule has 2 amide bonds. The maximum atomic E-state index is 13.3. The number of carbonyl (C=O) groups is 2. The molecule has 2 aliphatic heterocycles. The lowest BCUT2D eigenvalue weighted by atomic mass is 9.74. The third-order valence-electron chi connectivity index (χ3n) is 6.76. The smallest absolute Gasteiger partial charge is 0.230 e. The Hall–Kier alpha value is -2.11. The SMILES string of the molecule is CN(C)C(=O)[C@@]12CCCN(C(=O)C3CCC3)C[C@@H]1CN(c1ccccn1)C2. The Morgan fingerprint density at radius 2 is 2.00 bits per heavy atom. The normalized spacial score (nSPS) is 28.3. The standard InChI is InChI=1S/C21H30N4O2/c1-23(2)20(27)21-10-6-12-24(19(26)16-7-5-8-16)13-17(21)14-25(15-21)18-9-3-4-11-22-18/h3-4,9,11,16-17H,5-8,10,12-15H2,1-2H3/t17-,21-/m1/s1. The molecule has 3 heterocycles. The van der Waals surface area contributed by atoms with Gasteiger partial charge in [0.2, 0.25) is 11.8 Å². The second kappa shape index (κ2) is 7.13. The van der Waals surface area contributed by atoms with Crippen molar-refractivity contribution in [1.29, 1.82) is 0 Å². The molecular weight excluding hydrogens is 340 g/mol. The van der Waals surface area contributed by atoms with Crippen LogP contribution >= 0.6 is 0 Å². The molecule has 1 saturated carbocycles. The number of hydrogen-bond acceptors (Lipinski definition) is 4. The van der Waals surface area contributed by atoms with E-state index in [4.69, 9.17) is 0 Å². The van der Waals surface area contributed by atoms with Gasteiger partial charge in [-0.05, 0) is 37.8 Å². The Labute approximate surface area is 161 Å². The van der Waals surface area contributed by atoms with E-state index in [1.165, 1.54) is 6.42 Å². The minimum absolute atomic E-state index is 0.154. The molecule has 4 rings (SSSR count). The average Bonchev–Trinajstić information content (AvgIpc) is 2.89. The Morgan fingerprint density at radius 1 is 1.19 bits per heavy atom. The molecule has 6 nitrogen and oxygen atoms in total. The van der Waals surface area contributed by atoms with Crippen LogP contribution in [0, 0.1) is 17.3 Å². The lowest BCUT2D eigenvalue weighted by Gasteiger charge is -2.35. The first-order valence-corrected chi connectivity index (χ1v) is 10.2. The molecule has 0 aromatic carbocycles. The summed E-state index contributed by atoms with van der Waals surface area (Å²) in [6, 6.07) is 5.91. The maximum Gasteiger partial charge on any atom is 0.230 e. The van der Waals surface area contributed by atoms with Crippen LogP contribution in [-0.4, -0.2) is 66.9 Å². The van der Waals surface area contributed by atoms with E-state index < -0.39 is 5.41 Å². The number of aromatic nitrogens is 1. The molecule has 0 radical (unpaired) electrons. The fourth-order valence-electron chi connectivity index (χ4n) is 5.06. The van der Waals surface area contributed by atoms with Crippen molar-refractivity contribution in [2.45, 2.75) is 32.1 Å². The second-order valence-corrected chi connectivity index (χ2v) is 8.64. The van der Waals surface area contributed by atoms with E-state index in [0.717, 1.165) is 44.6 Å². The Balaban J connectivity index is 1.61. The predicted octanol–water partition coefficient (Wildman–Crippen LogP) is 2.01. The van der Waals surface area contributed by atoms with Crippen molar-refractivity contribution in [3.63, 3.8) is 0 Å². The van der Waals surface area contributed by atoms with Crippen LogP contribution in [0.25, 0.3) is 0 Å². The van der Waals surface area contributed by atoms with Gasteiger partial charge in [-0.25, -0.2) is 4.98 Å². The Morgan fingerprint density at radius 3 is 2.63 bits per heavy atom. The van der Waals surface area contributed by atoms with Gasteiger partial charge in [0, 0.05) is 58.3 Å². The van der Waals surface area contributed by atoms with Gasteiger partial charge in [0.25, 0.3) is 0 Å². The number of rotatable bonds is 3. The number of hydrogen-bond donors (Lipinski definition) is 0. The summed E-state index contributed by atoms with van der Waals surface area (Å²) in [6.07, 6.45) is 6.77. The highest BCUT2D eigenvalue weighted by molar-refractivity contribution is 5.85. The molecule has 3 aliphatic rings. The molecule has 0 bridgehead atoms. The highest BCUT2D eigenvalue weighted by atomic mass is 16.2. The molecule has 27 heavy (non-hydrogen) atoms. The quantitative estimate of drug-likeness (QED) is 0.817. The summed E-state index contributed by atoms with van der Waals surface area (Å²) in [5.41, 5.74) is -0.421. The average molecular weight is 370 g/mol. The molecule has 1 aromatic rings. The number of amides is 2. The fraction of sp³-hybridized carbons (Fsp3) is 0.667. The number of nitrogens with zero attached hydrogens (tertiary/aromatic N) is 4. The van der Waals surface area contributed by atoms with Crippen molar-refractivity contribution in [3.8, 4) is 0 Å². The zero-order chi connectivity index (χ0) is 19.0. The van der Waals surface area contributed by atoms with Gasteiger partial charge in [0.05, 0.1) is 5.41 Å². The van der Waals surface area contributed by atoms with Crippen LogP contribution in [0.3, 0.4) is 0 Å². The molecule has 1 aliphatic carbocycles. The first-order chi connectivity index (χ1) is 13.0. The van der Waals surface area contributed by atoms with Crippen LogP contribution in [0.5, 0.6) is 0 Å². The minimum atomic E-state index is -0.421. The number of fused-ring (bicyclic) bond motifs is 1. The molecule has 6 heteroatoms. The summed E-state index contributed by atoms with van der Waals surface area (Å²) in [5.74, 6) is 1.80. The molecule has 0 unspecified atom stereocenters. The predicted molar refractivity (Wildman–Crippen MR) is 104 cm³/mol. The van der Waals surface area contributed by atoms with E-state index in [2.05, 4.69) is 14.8 Å². The summed E-state index contributed by atoms with van der Waals surface area (Å²) in [6.45, 7) is 2.96. The van der Waals surface area contributed by atoms with Gasteiger partial charge in [0.15, 0.2) is 0 Å². The molecule has 1 aromatic heterocycles. The van der Waals surface area contributed by atoms with Crippen molar-refractivity contribution >= 4 is 17.6 Å². The number of anilines is 1.